The van der Waals surface area contributed by atoms with Crippen LogP contribution in [0.1, 0.15) is 26.2 Å². The van der Waals surface area contributed by atoms with Gasteiger partial charge in [0.25, 0.3) is 0 Å². The van der Waals surface area contributed by atoms with Gasteiger partial charge in [0.15, 0.2) is 0 Å². The van der Waals surface area contributed by atoms with Crippen molar-refractivity contribution >= 4 is 5.97 Å². The van der Waals surface area contributed by atoms with Crippen LogP contribution in [-0.4, -0.2) is 17.6 Å². The molecule has 0 aliphatic heterocycles. The van der Waals surface area contributed by atoms with Gasteiger partial charge in [0, 0.05) is 6.42 Å². The molecule has 0 aliphatic rings. The molecule has 0 aromatic heterocycles. The molecular weight excluding hydrogens is 130 g/mol. The second-order valence-corrected chi connectivity index (χ2v) is 2.44. The fourth-order valence-electron chi connectivity index (χ4n) is 0.816. The normalized spacial score (nSPS) is 13.0. The summed E-state index contributed by atoms with van der Waals surface area (Å²) < 4.78 is 0. The van der Waals surface area contributed by atoms with Crippen LogP contribution in [0.15, 0.2) is 0 Å². The minimum absolute atomic E-state index is 0.246. The Balaban J connectivity index is 3.34. The Bertz CT molecular complexity index is 99.8. The van der Waals surface area contributed by atoms with Gasteiger partial charge in [-0.3, -0.25) is 4.79 Å². The molecule has 0 amide bonds. The number of hydrogen-bond acceptors (Lipinski definition) is 2. The highest BCUT2D eigenvalue weighted by Crippen LogP contribution is 2.08. The van der Waals surface area contributed by atoms with Gasteiger partial charge in [0.05, 0.1) is 0 Å². The van der Waals surface area contributed by atoms with E-state index in [0.717, 1.165) is 6.42 Å². The topological polar surface area (TPSA) is 63.3 Å². The zero-order valence-corrected chi connectivity index (χ0v) is 6.34. The van der Waals surface area contributed by atoms with Gasteiger partial charge in [0.2, 0.25) is 0 Å². The van der Waals surface area contributed by atoms with Crippen molar-refractivity contribution in [3.8, 4) is 0 Å². The summed E-state index contributed by atoms with van der Waals surface area (Å²) in [5.74, 6) is -0.344. The Kier molecular flexibility index (Phi) is 4.94. The highest BCUT2D eigenvalue weighted by molar-refractivity contribution is 5.66. The van der Waals surface area contributed by atoms with E-state index in [4.69, 9.17) is 10.8 Å². The second kappa shape index (κ2) is 5.23. The molecule has 0 radical (unpaired) electrons. The van der Waals surface area contributed by atoms with Crippen LogP contribution in [0.5, 0.6) is 0 Å². The van der Waals surface area contributed by atoms with Crippen LogP contribution in [0.4, 0.5) is 0 Å². The molecule has 3 nitrogen and oxygen atoms in total. The van der Waals surface area contributed by atoms with Crippen LogP contribution in [0.25, 0.3) is 0 Å². The molecule has 0 aliphatic carbocycles. The fourth-order valence-corrected chi connectivity index (χ4v) is 0.816. The molecular formula is C7H15NO2. The number of rotatable bonds is 5. The third-order valence-corrected chi connectivity index (χ3v) is 1.68. The van der Waals surface area contributed by atoms with Crippen LogP contribution in [0, 0.1) is 5.92 Å². The molecule has 10 heavy (non-hydrogen) atoms. The average molecular weight is 145 g/mol. The third kappa shape index (κ3) is 4.32. The summed E-state index contributed by atoms with van der Waals surface area (Å²) in [7, 11) is 0. The monoisotopic (exact) mass is 145 g/mol. The van der Waals surface area contributed by atoms with E-state index in [0.29, 0.717) is 18.9 Å². The molecule has 0 aromatic rings. The largest absolute Gasteiger partial charge is 0.481 e. The highest BCUT2D eigenvalue weighted by Gasteiger charge is 2.05. The minimum atomic E-state index is -0.730. The van der Waals surface area contributed by atoms with Crippen molar-refractivity contribution < 1.29 is 9.90 Å². The van der Waals surface area contributed by atoms with Crippen molar-refractivity contribution in [1.29, 1.82) is 0 Å². The average Bonchev–Trinajstić information content (AvgIpc) is 1.90. The lowest BCUT2D eigenvalue weighted by Crippen LogP contribution is -2.14. The van der Waals surface area contributed by atoms with Gasteiger partial charge in [-0.15, -0.1) is 0 Å². The molecule has 3 N–H and O–H groups in total. The van der Waals surface area contributed by atoms with Crippen molar-refractivity contribution in [3.05, 3.63) is 0 Å². The zero-order valence-electron chi connectivity index (χ0n) is 6.34. The van der Waals surface area contributed by atoms with Crippen molar-refractivity contribution in [2.75, 3.05) is 6.54 Å². The first-order valence-corrected chi connectivity index (χ1v) is 3.62. The van der Waals surface area contributed by atoms with Crippen molar-refractivity contribution in [3.63, 3.8) is 0 Å². The SMILES string of the molecule is CCC(CN)CCC(=O)O. The van der Waals surface area contributed by atoms with E-state index in [2.05, 4.69) is 0 Å². The summed E-state index contributed by atoms with van der Waals surface area (Å²) in [4.78, 5) is 10.1. The maximum Gasteiger partial charge on any atom is 0.303 e. The van der Waals surface area contributed by atoms with Crippen molar-refractivity contribution in [1.82, 2.24) is 0 Å². The molecule has 0 fully saturated rings. The molecule has 0 rings (SSSR count). The van der Waals surface area contributed by atoms with Gasteiger partial charge in [-0.05, 0) is 18.9 Å². The van der Waals surface area contributed by atoms with Crippen molar-refractivity contribution in [2.24, 2.45) is 11.7 Å². The molecule has 3 heteroatoms. The molecule has 0 bridgehead atoms. The van der Waals surface area contributed by atoms with Gasteiger partial charge in [-0.1, -0.05) is 13.3 Å². The molecule has 60 valence electrons. The molecule has 0 saturated heterocycles. The molecule has 1 atom stereocenters. The van der Waals surface area contributed by atoms with E-state index in [1.807, 2.05) is 6.92 Å². The first-order valence-electron chi connectivity index (χ1n) is 3.62. The Morgan fingerprint density at radius 3 is 2.60 bits per heavy atom. The first-order chi connectivity index (χ1) is 4.70. The molecule has 0 saturated carbocycles. The van der Waals surface area contributed by atoms with Gasteiger partial charge >= 0.3 is 5.97 Å². The molecule has 0 aromatic carbocycles. The predicted octanol–water partition coefficient (Wildman–Crippen LogP) is 0.836. The third-order valence-electron chi connectivity index (χ3n) is 1.68. The smallest absolute Gasteiger partial charge is 0.303 e. The maximum absolute atomic E-state index is 10.1. The maximum atomic E-state index is 10.1. The van der Waals surface area contributed by atoms with Crippen LogP contribution < -0.4 is 5.73 Å². The summed E-state index contributed by atoms with van der Waals surface area (Å²) in [6, 6.07) is 0. The fraction of sp³-hybridized carbons (Fsp3) is 0.857. The van der Waals surface area contributed by atoms with Gasteiger partial charge in [0.1, 0.15) is 0 Å². The predicted molar refractivity (Wildman–Crippen MR) is 39.7 cm³/mol. The lowest BCUT2D eigenvalue weighted by Gasteiger charge is -2.08. The molecule has 1 unspecified atom stereocenters. The van der Waals surface area contributed by atoms with Gasteiger partial charge in [-0.2, -0.15) is 0 Å². The van der Waals surface area contributed by atoms with Crippen LogP contribution in [0.3, 0.4) is 0 Å². The Morgan fingerprint density at radius 1 is 1.70 bits per heavy atom. The van der Waals surface area contributed by atoms with E-state index in [-0.39, 0.29) is 6.42 Å². The number of nitrogens with two attached hydrogens (primary N) is 1. The van der Waals surface area contributed by atoms with Crippen LogP contribution in [0.2, 0.25) is 0 Å². The standard InChI is InChI=1S/C7H15NO2/c1-2-6(5-8)3-4-7(9)10/h6H,2-5,8H2,1H3,(H,9,10). The van der Waals surface area contributed by atoms with E-state index in [9.17, 15) is 4.79 Å². The zero-order chi connectivity index (χ0) is 7.98. The van der Waals surface area contributed by atoms with Crippen molar-refractivity contribution in [2.45, 2.75) is 26.2 Å². The Morgan fingerprint density at radius 2 is 2.30 bits per heavy atom. The van der Waals surface area contributed by atoms with Gasteiger partial charge in [-0.25, -0.2) is 0 Å². The van der Waals surface area contributed by atoms with E-state index < -0.39 is 5.97 Å². The molecule has 0 spiro atoms. The summed E-state index contributed by atoms with van der Waals surface area (Å²) in [6.07, 6.45) is 1.93. The number of carbonyl (C=O) groups is 1. The van der Waals surface area contributed by atoms with Crippen LogP contribution in [-0.2, 0) is 4.79 Å². The second-order valence-electron chi connectivity index (χ2n) is 2.44. The minimum Gasteiger partial charge on any atom is -0.481 e. The summed E-state index contributed by atoms with van der Waals surface area (Å²) in [5.41, 5.74) is 5.38. The summed E-state index contributed by atoms with van der Waals surface area (Å²) >= 11 is 0. The number of carboxylic acids is 1. The first kappa shape index (κ1) is 9.43. The Hall–Kier alpha value is -0.570. The van der Waals surface area contributed by atoms with E-state index >= 15 is 0 Å². The lowest BCUT2D eigenvalue weighted by molar-refractivity contribution is -0.137. The molecule has 0 heterocycles. The lowest BCUT2D eigenvalue weighted by atomic mass is 10.0. The quantitative estimate of drug-likeness (QED) is 0.602. The highest BCUT2D eigenvalue weighted by atomic mass is 16.4. The summed E-state index contributed by atoms with van der Waals surface area (Å²) in [6.45, 7) is 2.63. The van der Waals surface area contributed by atoms with Gasteiger partial charge < -0.3 is 10.8 Å². The van der Waals surface area contributed by atoms with E-state index in [1.165, 1.54) is 0 Å². The van der Waals surface area contributed by atoms with E-state index in [1.54, 1.807) is 0 Å². The van der Waals surface area contributed by atoms with Crippen LogP contribution >= 0.6 is 0 Å². The Labute approximate surface area is 61.2 Å². The summed E-state index contributed by atoms with van der Waals surface area (Å²) in [5, 5.41) is 8.31. The number of carboxylic acid groups (broad SMARTS) is 1. The number of aliphatic carboxylic acids is 1. The number of hydrogen-bond donors (Lipinski definition) is 2.